The molecule has 1 fully saturated rings. The third-order valence-corrected chi connectivity index (χ3v) is 2.86. The van der Waals surface area contributed by atoms with Crippen LogP contribution in [0.25, 0.3) is 0 Å². The van der Waals surface area contributed by atoms with Gasteiger partial charge in [0.1, 0.15) is 5.82 Å². The fourth-order valence-corrected chi connectivity index (χ4v) is 2.05. The lowest BCUT2D eigenvalue weighted by Gasteiger charge is -2.21. The van der Waals surface area contributed by atoms with E-state index in [1.807, 2.05) is 6.92 Å². The molecule has 1 unspecified atom stereocenters. The van der Waals surface area contributed by atoms with Crippen molar-refractivity contribution in [2.24, 2.45) is 5.92 Å². The molecule has 1 aliphatic heterocycles. The van der Waals surface area contributed by atoms with Crippen molar-refractivity contribution < 1.29 is 4.74 Å². The molecule has 1 aliphatic rings. The van der Waals surface area contributed by atoms with Crippen molar-refractivity contribution in [2.45, 2.75) is 26.2 Å². The van der Waals surface area contributed by atoms with Gasteiger partial charge in [-0.1, -0.05) is 0 Å². The molecule has 4 heteroatoms. The summed E-state index contributed by atoms with van der Waals surface area (Å²) in [5.41, 5.74) is 0. The molecule has 0 amide bonds. The molecule has 16 heavy (non-hydrogen) atoms. The molecule has 0 bridgehead atoms. The van der Waals surface area contributed by atoms with Crippen LogP contribution >= 0.6 is 0 Å². The average Bonchev–Trinajstić information content (AvgIpc) is 2.33. The Bertz CT molecular complexity index is 307. The van der Waals surface area contributed by atoms with Crippen molar-refractivity contribution in [3.63, 3.8) is 0 Å². The van der Waals surface area contributed by atoms with Gasteiger partial charge in [-0.05, 0) is 38.8 Å². The van der Waals surface area contributed by atoms with E-state index in [9.17, 15) is 0 Å². The second-order valence-corrected chi connectivity index (χ2v) is 4.18. The van der Waals surface area contributed by atoms with Crippen LogP contribution in [0.5, 0.6) is 5.75 Å². The summed E-state index contributed by atoms with van der Waals surface area (Å²) in [6.07, 6.45) is 7.05. The van der Waals surface area contributed by atoms with E-state index in [1.165, 1.54) is 12.8 Å². The summed E-state index contributed by atoms with van der Waals surface area (Å²) in [6.45, 7) is 4.87. The van der Waals surface area contributed by atoms with Crippen LogP contribution in [-0.4, -0.2) is 29.7 Å². The van der Waals surface area contributed by atoms with Gasteiger partial charge in [-0.3, -0.25) is 0 Å². The number of hydrogen-bond donors (Lipinski definition) is 1. The van der Waals surface area contributed by atoms with E-state index in [2.05, 4.69) is 15.3 Å². The molecule has 0 spiro atoms. The second-order valence-electron chi connectivity index (χ2n) is 4.18. The zero-order chi connectivity index (χ0) is 11.2. The summed E-state index contributed by atoms with van der Waals surface area (Å²) in [7, 11) is 0. The maximum absolute atomic E-state index is 5.31. The Morgan fingerprint density at radius 2 is 2.25 bits per heavy atom. The van der Waals surface area contributed by atoms with E-state index in [0.717, 1.165) is 31.1 Å². The first-order valence-corrected chi connectivity index (χ1v) is 6.03. The minimum absolute atomic E-state index is 0.662. The molecule has 2 heterocycles. The zero-order valence-corrected chi connectivity index (χ0v) is 9.78. The fraction of sp³-hybridized carbons (Fsp3) is 0.667. The maximum Gasteiger partial charge on any atom is 0.155 e. The predicted molar refractivity (Wildman–Crippen MR) is 62.5 cm³/mol. The molecule has 2 rings (SSSR count). The highest BCUT2D eigenvalue weighted by atomic mass is 16.5. The van der Waals surface area contributed by atoms with E-state index in [-0.39, 0.29) is 0 Å². The molecule has 1 atom stereocenters. The molecule has 1 aromatic heterocycles. The Hall–Kier alpha value is -1.16. The Balaban J connectivity index is 1.88. The van der Waals surface area contributed by atoms with Crippen molar-refractivity contribution in [3.8, 4) is 5.75 Å². The molecule has 0 aliphatic carbocycles. The highest BCUT2D eigenvalue weighted by Crippen LogP contribution is 2.15. The third kappa shape index (κ3) is 3.17. The summed E-state index contributed by atoms with van der Waals surface area (Å²) in [6, 6.07) is 0. The summed E-state index contributed by atoms with van der Waals surface area (Å²) >= 11 is 0. The molecule has 4 nitrogen and oxygen atoms in total. The number of nitrogens with one attached hydrogen (secondary N) is 1. The van der Waals surface area contributed by atoms with Gasteiger partial charge < -0.3 is 10.1 Å². The smallest absolute Gasteiger partial charge is 0.155 e. The molecule has 0 aromatic carbocycles. The summed E-state index contributed by atoms with van der Waals surface area (Å²) in [5.74, 6) is 2.37. The van der Waals surface area contributed by atoms with Crippen LogP contribution < -0.4 is 10.1 Å². The number of aromatic nitrogens is 2. The Morgan fingerprint density at radius 3 is 2.88 bits per heavy atom. The van der Waals surface area contributed by atoms with Crippen LogP contribution in [0.3, 0.4) is 0 Å². The van der Waals surface area contributed by atoms with Gasteiger partial charge in [-0.25, -0.2) is 9.97 Å². The van der Waals surface area contributed by atoms with E-state index in [4.69, 9.17) is 4.74 Å². The van der Waals surface area contributed by atoms with Gasteiger partial charge in [-0.15, -0.1) is 0 Å². The summed E-state index contributed by atoms with van der Waals surface area (Å²) in [4.78, 5) is 8.66. The van der Waals surface area contributed by atoms with E-state index in [0.29, 0.717) is 12.5 Å². The molecule has 1 aromatic rings. The molecule has 88 valence electrons. The first-order valence-electron chi connectivity index (χ1n) is 6.03. The van der Waals surface area contributed by atoms with Crippen molar-refractivity contribution in [2.75, 3.05) is 19.7 Å². The van der Waals surface area contributed by atoms with Gasteiger partial charge in [-0.2, -0.15) is 0 Å². The minimum atomic E-state index is 0.662. The van der Waals surface area contributed by atoms with Crippen LogP contribution in [0.1, 0.15) is 25.6 Å². The summed E-state index contributed by atoms with van der Waals surface area (Å²) < 4.78 is 5.31. The lowest BCUT2D eigenvalue weighted by molar-refractivity contribution is 0.335. The Labute approximate surface area is 96.4 Å². The van der Waals surface area contributed by atoms with Crippen LogP contribution in [0.4, 0.5) is 0 Å². The largest absolute Gasteiger partial charge is 0.491 e. The quantitative estimate of drug-likeness (QED) is 0.835. The van der Waals surface area contributed by atoms with Gasteiger partial charge in [0, 0.05) is 6.42 Å². The number of hydrogen-bond acceptors (Lipinski definition) is 4. The number of rotatable bonds is 4. The van der Waals surface area contributed by atoms with Crippen LogP contribution in [0.15, 0.2) is 12.4 Å². The highest BCUT2D eigenvalue weighted by molar-refractivity contribution is 5.12. The van der Waals surface area contributed by atoms with Crippen LogP contribution in [0, 0.1) is 5.92 Å². The number of piperidine rings is 1. The molecule has 1 N–H and O–H groups in total. The Morgan fingerprint density at radius 1 is 1.44 bits per heavy atom. The first-order chi connectivity index (χ1) is 7.88. The van der Waals surface area contributed by atoms with E-state index < -0.39 is 0 Å². The van der Waals surface area contributed by atoms with Crippen molar-refractivity contribution in [1.82, 2.24) is 15.3 Å². The van der Waals surface area contributed by atoms with Gasteiger partial charge >= 0.3 is 0 Å². The topological polar surface area (TPSA) is 47.0 Å². The fourth-order valence-electron chi connectivity index (χ4n) is 2.05. The minimum Gasteiger partial charge on any atom is -0.491 e. The molecule has 0 radical (unpaired) electrons. The highest BCUT2D eigenvalue weighted by Gasteiger charge is 2.14. The lowest BCUT2D eigenvalue weighted by atomic mass is 9.96. The van der Waals surface area contributed by atoms with Gasteiger partial charge in [0.05, 0.1) is 19.0 Å². The molecule has 0 saturated carbocycles. The van der Waals surface area contributed by atoms with Crippen LogP contribution in [-0.2, 0) is 6.42 Å². The molecular weight excluding hydrogens is 202 g/mol. The average molecular weight is 221 g/mol. The summed E-state index contributed by atoms with van der Waals surface area (Å²) in [5, 5.41) is 3.41. The van der Waals surface area contributed by atoms with Gasteiger partial charge in [0.15, 0.2) is 5.75 Å². The van der Waals surface area contributed by atoms with Crippen molar-refractivity contribution >= 4 is 0 Å². The van der Waals surface area contributed by atoms with E-state index in [1.54, 1.807) is 12.4 Å². The molecule has 1 saturated heterocycles. The molecular formula is C12H19N3O. The number of nitrogens with zero attached hydrogens (tertiary/aromatic N) is 2. The predicted octanol–water partition coefficient (Wildman–Crippen LogP) is 1.42. The standard InChI is InChI=1S/C12H19N3O/c1-2-16-11-8-14-12(15-9-11)6-10-4-3-5-13-7-10/h8-10,13H,2-7H2,1H3. The van der Waals surface area contributed by atoms with Crippen molar-refractivity contribution in [3.05, 3.63) is 18.2 Å². The monoisotopic (exact) mass is 221 g/mol. The van der Waals surface area contributed by atoms with Gasteiger partial charge in [0.2, 0.25) is 0 Å². The van der Waals surface area contributed by atoms with E-state index >= 15 is 0 Å². The Kier molecular flexibility index (Phi) is 4.10. The van der Waals surface area contributed by atoms with Gasteiger partial charge in [0.25, 0.3) is 0 Å². The van der Waals surface area contributed by atoms with Crippen LogP contribution in [0.2, 0.25) is 0 Å². The van der Waals surface area contributed by atoms with Crippen molar-refractivity contribution in [1.29, 1.82) is 0 Å². The third-order valence-electron chi connectivity index (χ3n) is 2.86. The zero-order valence-electron chi connectivity index (χ0n) is 9.78. The normalized spacial score (nSPS) is 20.7. The number of ether oxygens (including phenoxy) is 1. The lowest BCUT2D eigenvalue weighted by Crippen LogP contribution is -2.31. The second kappa shape index (κ2) is 5.80. The first kappa shape index (κ1) is 11.3. The maximum atomic E-state index is 5.31. The SMILES string of the molecule is CCOc1cnc(CC2CCCNC2)nc1.